The largest absolute Gasteiger partial charge is 0.465 e. The Morgan fingerprint density at radius 2 is 2.00 bits per heavy atom. The molecule has 0 bridgehead atoms. The zero-order valence-electron chi connectivity index (χ0n) is 13.4. The van der Waals surface area contributed by atoms with Crippen LogP contribution in [0.25, 0.3) is 11.5 Å². The molecule has 124 valence electrons. The number of nitrogens with one attached hydrogen (secondary N) is 1. The standard InChI is InChI=1S/C17H17N3O4/c1-11-3-8-16(24-11)12(2)18-9-14-10-23-17(19-14)13-4-6-15(7-5-13)20(21)22/h3-8,10,12,18H,9H2,1-2H3/t12-/m1/s1. The lowest BCUT2D eigenvalue weighted by atomic mass is 10.2. The van der Waals surface area contributed by atoms with Crippen LogP contribution >= 0.6 is 0 Å². The monoisotopic (exact) mass is 327 g/mol. The van der Waals surface area contributed by atoms with E-state index in [1.54, 1.807) is 18.4 Å². The molecule has 1 aromatic carbocycles. The lowest BCUT2D eigenvalue weighted by Gasteiger charge is -2.09. The maximum Gasteiger partial charge on any atom is 0.269 e. The molecule has 24 heavy (non-hydrogen) atoms. The maximum absolute atomic E-state index is 10.7. The highest BCUT2D eigenvalue weighted by molar-refractivity contribution is 5.55. The second-order valence-corrected chi connectivity index (χ2v) is 5.50. The molecule has 1 N–H and O–H groups in total. The highest BCUT2D eigenvalue weighted by atomic mass is 16.6. The number of furan rings is 1. The molecule has 3 aromatic rings. The second kappa shape index (κ2) is 6.67. The van der Waals surface area contributed by atoms with Gasteiger partial charge in [-0.2, -0.15) is 0 Å². The molecule has 0 amide bonds. The van der Waals surface area contributed by atoms with Gasteiger partial charge in [0, 0.05) is 24.2 Å². The first kappa shape index (κ1) is 15.9. The third-order valence-corrected chi connectivity index (χ3v) is 3.65. The Labute approximate surface area is 138 Å². The minimum absolute atomic E-state index is 0.0368. The van der Waals surface area contributed by atoms with Crippen molar-refractivity contribution in [3.63, 3.8) is 0 Å². The van der Waals surface area contributed by atoms with Crippen LogP contribution in [0.5, 0.6) is 0 Å². The highest BCUT2D eigenvalue weighted by Crippen LogP contribution is 2.22. The van der Waals surface area contributed by atoms with Gasteiger partial charge in [-0.1, -0.05) is 0 Å². The number of benzene rings is 1. The fourth-order valence-electron chi connectivity index (χ4n) is 2.29. The third kappa shape index (κ3) is 3.52. The van der Waals surface area contributed by atoms with E-state index in [9.17, 15) is 10.1 Å². The Balaban J connectivity index is 1.64. The number of aryl methyl sites for hydroxylation is 1. The molecule has 3 rings (SSSR count). The minimum atomic E-state index is -0.438. The fourth-order valence-corrected chi connectivity index (χ4v) is 2.29. The molecular formula is C17H17N3O4. The van der Waals surface area contributed by atoms with E-state index in [2.05, 4.69) is 10.3 Å². The Morgan fingerprint density at radius 1 is 1.25 bits per heavy atom. The summed E-state index contributed by atoms with van der Waals surface area (Å²) < 4.78 is 11.0. The summed E-state index contributed by atoms with van der Waals surface area (Å²) in [6.07, 6.45) is 1.57. The molecule has 0 fully saturated rings. The summed E-state index contributed by atoms with van der Waals surface area (Å²) in [5.41, 5.74) is 1.48. The van der Waals surface area contributed by atoms with E-state index in [1.165, 1.54) is 12.1 Å². The summed E-state index contributed by atoms with van der Waals surface area (Å²) in [4.78, 5) is 14.6. The molecule has 2 heterocycles. The summed E-state index contributed by atoms with van der Waals surface area (Å²) in [7, 11) is 0. The van der Waals surface area contributed by atoms with Crippen LogP contribution in [0.2, 0.25) is 0 Å². The SMILES string of the molecule is Cc1ccc([C@@H](C)NCc2coc(-c3ccc([N+](=O)[O-])cc3)n2)o1. The van der Waals surface area contributed by atoms with Crippen molar-refractivity contribution in [2.75, 3.05) is 0 Å². The lowest BCUT2D eigenvalue weighted by Crippen LogP contribution is -2.17. The summed E-state index contributed by atoms with van der Waals surface area (Å²) in [5, 5.41) is 14.0. The molecule has 0 radical (unpaired) electrons. The van der Waals surface area contributed by atoms with Crippen molar-refractivity contribution in [2.45, 2.75) is 26.4 Å². The van der Waals surface area contributed by atoms with E-state index in [0.29, 0.717) is 18.0 Å². The number of oxazole rings is 1. The number of hydrogen-bond acceptors (Lipinski definition) is 6. The lowest BCUT2D eigenvalue weighted by molar-refractivity contribution is -0.384. The first-order chi connectivity index (χ1) is 11.5. The van der Waals surface area contributed by atoms with Gasteiger partial charge in [-0.05, 0) is 38.1 Å². The molecule has 7 nitrogen and oxygen atoms in total. The molecule has 0 aliphatic rings. The van der Waals surface area contributed by atoms with Crippen molar-refractivity contribution < 1.29 is 13.8 Å². The Morgan fingerprint density at radius 3 is 2.62 bits per heavy atom. The maximum atomic E-state index is 10.7. The number of rotatable bonds is 6. The van der Waals surface area contributed by atoms with Crippen molar-refractivity contribution in [2.24, 2.45) is 0 Å². The van der Waals surface area contributed by atoms with Gasteiger partial charge >= 0.3 is 0 Å². The number of non-ortho nitro benzene ring substituents is 1. The molecule has 7 heteroatoms. The summed E-state index contributed by atoms with van der Waals surface area (Å²) in [6, 6.07) is 10.0. The van der Waals surface area contributed by atoms with Crippen LogP contribution in [-0.2, 0) is 6.54 Å². The normalized spacial score (nSPS) is 12.2. The van der Waals surface area contributed by atoms with Gasteiger partial charge in [0.15, 0.2) is 0 Å². The predicted molar refractivity (Wildman–Crippen MR) is 87.3 cm³/mol. The van der Waals surface area contributed by atoms with E-state index in [1.807, 2.05) is 26.0 Å². The number of nitrogens with zero attached hydrogens (tertiary/aromatic N) is 2. The van der Waals surface area contributed by atoms with Crippen molar-refractivity contribution in [3.05, 3.63) is 70.0 Å². The second-order valence-electron chi connectivity index (χ2n) is 5.50. The van der Waals surface area contributed by atoms with E-state index >= 15 is 0 Å². The van der Waals surface area contributed by atoms with E-state index in [4.69, 9.17) is 8.83 Å². The number of hydrogen-bond donors (Lipinski definition) is 1. The van der Waals surface area contributed by atoms with Gasteiger partial charge in [-0.25, -0.2) is 4.98 Å². The van der Waals surface area contributed by atoms with Gasteiger partial charge < -0.3 is 14.2 Å². The molecule has 0 aliphatic heterocycles. The predicted octanol–water partition coefficient (Wildman–Crippen LogP) is 4.00. The van der Waals surface area contributed by atoms with Crippen molar-refractivity contribution in [1.82, 2.24) is 10.3 Å². The van der Waals surface area contributed by atoms with Crippen LogP contribution < -0.4 is 5.32 Å². The van der Waals surface area contributed by atoms with Crippen LogP contribution in [-0.4, -0.2) is 9.91 Å². The van der Waals surface area contributed by atoms with Gasteiger partial charge in [-0.3, -0.25) is 10.1 Å². The highest BCUT2D eigenvalue weighted by Gasteiger charge is 2.12. The first-order valence-electron chi connectivity index (χ1n) is 7.52. The van der Waals surface area contributed by atoms with Crippen LogP contribution in [0.4, 0.5) is 5.69 Å². The topological polar surface area (TPSA) is 94.3 Å². The van der Waals surface area contributed by atoms with Gasteiger partial charge in [-0.15, -0.1) is 0 Å². The van der Waals surface area contributed by atoms with Crippen LogP contribution in [0.15, 0.2) is 51.5 Å². The number of nitro benzene ring substituents is 1. The average Bonchev–Trinajstić information content (AvgIpc) is 3.22. The summed E-state index contributed by atoms with van der Waals surface area (Å²) >= 11 is 0. The van der Waals surface area contributed by atoms with Gasteiger partial charge in [0.25, 0.3) is 5.69 Å². The molecule has 0 unspecified atom stereocenters. The smallest absolute Gasteiger partial charge is 0.269 e. The first-order valence-corrected chi connectivity index (χ1v) is 7.52. The van der Waals surface area contributed by atoms with E-state index in [-0.39, 0.29) is 11.7 Å². The molecular weight excluding hydrogens is 310 g/mol. The zero-order valence-corrected chi connectivity index (χ0v) is 13.4. The number of aromatic nitrogens is 1. The van der Waals surface area contributed by atoms with E-state index < -0.39 is 4.92 Å². The minimum Gasteiger partial charge on any atom is -0.465 e. The summed E-state index contributed by atoms with van der Waals surface area (Å²) in [5.74, 6) is 2.18. The van der Waals surface area contributed by atoms with Gasteiger partial charge in [0.05, 0.1) is 16.7 Å². The van der Waals surface area contributed by atoms with Crippen molar-refractivity contribution in [1.29, 1.82) is 0 Å². The molecule has 0 spiro atoms. The Bertz CT molecular complexity index is 836. The quantitative estimate of drug-likeness (QED) is 0.543. The molecule has 2 aromatic heterocycles. The zero-order chi connectivity index (χ0) is 17.1. The van der Waals surface area contributed by atoms with Gasteiger partial charge in [0.2, 0.25) is 5.89 Å². The van der Waals surface area contributed by atoms with Crippen LogP contribution in [0, 0.1) is 17.0 Å². The van der Waals surface area contributed by atoms with Gasteiger partial charge in [0.1, 0.15) is 17.8 Å². The molecule has 0 aliphatic carbocycles. The molecule has 1 atom stereocenters. The van der Waals surface area contributed by atoms with E-state index in [0.717, 1.165) is 17.2 Å². The van der Waals surface area contributed by atoms with Crippen LogP contribution in [0.3, 0.4) is 0 Å². The van der Waals surface area contributed by atoms with Crippen molar-refractivity contribution >= 4 is 5.69 Å². The average molecular weight is 327 g/mol. The third-order valence-electron chi connectivity index (χ3n) is 3.65. The Kier molecular flexibility index (Phi) is 4.43. The van der Waals surface area contributed by atoms with Crippen molar-refractivity contribution in [3.8, 4) is 11.5 Å². The number of nitro groups is 1. The molecule has 0 saturated carbocycles. The fraction of sp³-hybridized carbons (Fsp3) is 0.235. The Hall–Kier alpha value is -2.93. The van der Waals surface area contributed by atoms with Crippen LogP contribution in [0.1, 0.15) is 30.2 Å². The molecule has 0 saturated heterocycles. The summed E-state index contributed by atoms with van der Waals surface area (Å²) in [6.45, 7) is 4.44.